The van der Waals surface area contributed by atoms with Crippen molar-refractivity contribution in [1.82, 2.24) is 14.8 Å². The summed E-state index contributed by atoms with van der Waals surface area (Å²) in [6.45, 7) is 7.06. The smallest absolute Gasteiger partial charge is 0.422 e. The van der Waals surface area contributed by atoms with Gasteiger partial charge in [-0.3, -0.25) is 4.68 Å². The number of esters is 1. The van der Waals surface area contributed by atoms with Crippen LogP contribution >= 0.6 is 0 Å². The molecule has 34 heavy (non-hydrogen) atoms. The molecule has 178 valence electrons. The second-order valence-electron chi connectivity index (χ2n) is 7.52. The number of carbonyl (C=O) groups is 1. The number of alkyl halides is 3. The Bertz CT molecular complexity index is 1250. The molecule has 1 unspecified atom stereocenters. The van der Waals surface area contributed by atoms with E-state index in [0.29, 0.717) is 22.2 Å². The molecule has 1 aromatic carbocycles. The van der Waals surface area contributed by atoms with Crippen molar-refractivity contribution in [1.29, 1.82) is 0 Å². The van der Waals surface area contributed by atoms with Gasteiger partial charge >= 0.3 is 12.1 Å². The Kier molecular flexibility index (Phi) is 7.50. The van der Waals surface area contributed by atoms with Crippen LogP contribution in [0, 0.1) is 0 Å². The fraction of sp³-hybridized carbons (Fsp3) is 0.250. The third kappa shape index (κ3) is 6.09. The van der Waals surface area contributed by atoms with Gasteiger partial charge in [-0.1, -0.05) is 24.3 Å². The van der Waals surface area contributed by atoms with Crippen molar-refractivity contribution in [2.45, 2.75) is 33.0 Å². The molecule has 0 aliphatic heterocycles. The Hall–Kier alpha value is -3.95. The number of benzene rings is 1. The molecule has 3 aromatic rings. The zero-order valence-corrected chi connectivity index (χ0v) is 18.8. The maximum Gasteiger partial charge on any atom is 0.422 e. The van der Waals surface area contributed by atoms with Crippen molar-refractivity contribution in [2.75, 3.05) is 6.61 Å². The fourth-order valence-corrected chi connectivity index (χ4v) is 3.13. The minimum absolute atomic E-state index is 0.121. The highest BCUT2D eigenvalue weighted by Crippen LogP contribution is 2.25. The largest absolute Gasteiger partial charge is 0.468 e. The van der Waals surface area contributed by atoms with E-state index in [9.17, 15) is 18.0 Å². The highest BCUT2D eigenvalue weighted by Gasteiger charge is 2.29. The number of para-hydroxylation sites is 1. The van der Waals surface area contributed by atoms with E-state index in [0.717, 1.165) is 5.57 Å². The van der Waals surface area contributed by atoms with Crippen molar-refractivity contribution in [3.8, 4) is 5.75 Å². The fourth-order valence-electron chi connectivity index (χ4n) is 3.13. The molecule has 7 nitrogen and oxygen atoms in total. The first-order valence-electron chi connectivity index (χ1n) is 10.3. The van der Waals surface area contributed by atoms with Gasteiger partial charge in [0.15, 0.2) is 12.3 Å². The molecular weight excluding hydrogens is 449 g/mol. The van der Waals surface area contributed by atoms with E-state index in [4.69, 9.17) is 9.47 Å². The number of carbonyl (C=O) groups excluding carboxylic acids is 1. The summed E-state index contributed by atoms with van der Waals surface area (Å²) < 4.78 is 49.2. The van der Waals surface area contributed by atoms with Crippen LogP contribution in [0.2, 0.25) is 0 Å². The number of aromatic nitrogens is 3. The van der Waals surface area contributed by atoms with Crippen LogP contribution in [0.1, 0.15) is 37.3 Å². The normalized spacial score (nSPS) is 13.9. The minimum atomic E-state index is -4.48. The molecule has 2 aromatic heterocycles. The van der Waals surface area contributed by atoms with Crippen molar-refractivity contribution < 1.29 is 27.4 Å². The van der Waals surface area contributed by atoms with Gasteiger partial charge in [-0.2, -0.15) is 18.3 Å². The van der Waals surface area contributed by atoms with Gasteiger partial charge in [0.2, 0.25) is 5.88 Å². The quantitative estimate of drug-likeness (QED) is 0.139. The van der Waals surface area contributed by atoms with Gasteiger partial charge in [-0.15, -0.1) is 0 Å². The zero-order valence-electron chi connectivity index (χ0n) is 18.8. The Morgan fingerprint density at radius 1 is 1.24 bits per heavy atom. The van der Waals surface area contributed by atoms with E-state index in [1.54, 1.807) is 61.1 Å². The first kappa shape index (κ1) is 24.7. The summed E-state index contributed by atoms with van der Waals surface area (Å²) in [4.78, 5) is 20.4. The van der Waals surface area contributed by atoms with Gasteiger partial charge in [0.1, 0.15) is 5.75 Å². The van der Waals surface area contributed by atoms with Crippen molar-refractivity contribution in [3.63, 3.8) is 0 Å². The molecule has 3 rings (SSSR count). The molecule has 0 saturated heterocycles. The second kappa shape index (κ2) is 10.3. The predicted molar refractivity (Wildman–Crippen MR) is 122 cm³/mol. The van der Waals surface area contributed by atoms with Crippen LogP contribution in [0.5, 0.6) is 5.75 Å². The maximum absolute atomic E-state index is 12.7. The van der Waals surface area contributed by atoms with Crippen LogP contribution < -0.4 is 4.74 Å². The van der Waals surface area contributed by atoms with Crippen LogP contribution in [0.4, 0.5) is 13.2 Å². The standard InChI is InChI=1S/C24H23F3N4O3/c1-15(12-16(2)22(28-4)33-14-24(25,26)27)17(3)31-13-19-20(30-31)10-11-29-21(19)23(32)34-18-8-6-5-7-9-18/h5-13,17H,4,14H2,1-3H3/b15-12+,22-16+. The summed E-state index contributed by atoms with van der Waals surface area (Å²) in [7, 11) is 0. The summed E-state index contributed by atoms with van der Waals surface area (Å²) in [5, 5.41) is 5.03. The highest BCUT2D eigenvalue weighted by atomic mass is 19.4. The Morgan fingerprint density at radius 2 is 1.94 bits per heavy atom. The molecule has 0 amide bonds. The average Bonchev–Trinajstić information content (AvgIpc) is 3.23. The second-order valence-corrected chi connectivity index (χ2v) is 7.52. The number of halogens is 3. The zero-order chi connectivity index (χ0) is 24.9. The van der Waals surface area contributed by atoms with E-state index in [-0.39, 0.29) is 17.6 Å². The van der Waals surface area contributed by atoms with E-state index in [1.807, 2.05) is 13.0 Å². The van der Waals surface area contributed by atoms with Crippen molar-refractivity contribution >= 4 is 23.6 Å². The molecule has 0 saturated carbocycles. The Morgan fingerprint density at radius 3 is 2.59 bits per heavy atom. The number of hydrogen-bond acceptors (Lipinski definition) is 6. The summed E-state index contributed by atoms with van der Waals surface area (Å²) in [5.74, 6) is -0.421. The van der Waals surface area contributed by atoms with Gasteiger partial charge in [0.05, 0.1) is 16.9 Å². The number of ether oxygens (including phenoxy) is 2. The first-order valence-corrected chi connectivity index (χ1v) is 10.3. The number of nitrogens with zero attached hydrogens (tertiary/aromatic N) is 4. The van der Waals surface area contributed by atoms with Crippen molar-refractivity contribution in [2.24, 2.45) is 4.99 Å². The lowest BCUT2D eigenvalue weighted by molar-refractivity contribution is -0.165. The van der Waals surface area contributed by atoms with E-state index < -0.39 is 18.8 Å². The van der Waals surface area contributed by atoms with Gasteiger partial charge in [0.25, 0.3) is 0 Å². The minimum Gasteiger partial charge on any atom is -0.468 e. The first-order chi connectivity index (χ1) is 16.1. The van der Waals surface area contributed by atoms with Crippen LogP contribution in [-0.2, 0) is 4.74 Å². The molecule has 0 spiro atoms. The summed E-state index contributed by atoms with van der Waals surface area (Å²) in [6.07, 6.45) is 0.324. The third-order valence-corrected chi connectivity index (χ3v) is 4.95. The van der Waals surface area contributed by atoms with Gasteiger partial charge in [0, 0.05) is 18.0 Å². The molecule has 1 atom stereocenters. The molecule has 2 heterocycles. The van der Waals surface area contributed by atoms with Gasteiger partial charge in [-0.05, 0) is 51.3 Å². The number of aliphatic imine (C=N–C) groups is 1. The molecule has 10 heteroatoms. The molecule has 0 aliphatic carbocycles. The Labute approximate surface area is 194 Å². The number of hydrogen-bond donors (Lipinski definition) is 0. The van der Waals surface area contributed by atoms with E-state index in [2.05, 4.69) is 21.8 Å². The third-order valence-electron chi connectivity index (χ3n) is 4.95. The molecule has 0 bridgehead atoms. The van der Waals surface area contributed by atoms with Gasteiger partial charge in [-0.25, -0.2) is 14.8 Å². The van der Waals surface area contributed by atoms with Gasteiger partial charge < -0.3 is 9.47 Å². The lowest BCUT2D eigenvalue weighted by atomic mass is 10.1. The lowest BCUT2D eigenvalue weighted by Crippen LogP contribution is -2.16. The predicted octanol–water partition coefficient (Wildman–Crippen LogP) is 5.67. The topological polar surface area (TPSA) is 78.6 Å². The highest BCUT2D eigenvalue weighted by molar-refractivity contribution is 6.02. The molecule has 0 aliphatic rings. The molecule has 0 fully saturated rings. The van der Waals surface area contributed by atoms with Crippen LogP contribution in [0.3, 0.4) is 0 Å². The monoisotopic (exact) mass is 472 g/mol. The number of allylic oxidation sites excluding steroid dienone is 3. The summed E-state index contributed by atoms with van der Waals surface area (Å²) >= 11 is 0. The SMILES string of the molecule is C=N/C(OCC(F)(F)F)=C(C)\C=C(/C)C(C)n1cc2c(C(=O)Oc3ccccc3)nccc2n1. The summed E-state index contributed by atoms with van der Waals surface area (Å²) in [5.41, 5.74) is 1.82. The van der Waals surface area contributed by atoms with Crippen molar-refractivity contribution in [3.05, 3.63) is 77.6 Å². The number of rotatable bonds is 8. The molecular formula is C24H23F3N4O3. The van der Waals surface area contributed by atoms with Crippen LogP contribution in [0.15, 0.2) is 76.9 Å². The Balaban J connectivity index is 1.86. The van der Waals surface area contributed by atoms with E-state index in [1.165, 1.54) is 6.20 Å². The van der Waals surface area contributed by atoms with Crippen LogP contribution in [0.25, 0.3) is 10.9 Å². The number of fused-ring (bicyclic) bond motifs is 1. The van der Waals surface area contributed by atoms with E-state index >= 15 is 0 Å². The van der Waals surface area contributed by atoms with Crippen LogP contribution in [-0.4, -0.2) is 40.2 Å². The maximum atomic E-state index is 12.7. The number of pyridine rings is 1. The summed E-state index contributed by atoms with van der Waals surface area (Å²) in [6, 6.07) is 10.0. The molecule has 0 radical (unpaired) electrons. The average molecular weight is 472 g/mol. The molecule has 0 N–H and O–H groups in total. The lowest BCUT2D eigenvalue weighted by Gasteiger charge is -2.14.